The Labute approximate surface area is 84.7 Å². The van der Waals surface area contributed by atoms with Gasteiger partial charge < -0.3 is 9.84 Å². The van der Waals surface area contributed by atoms with E-state index < -0.39 is 17.0 Å². The largest absolute Gasteiger partial charge is 0.388 e. The minimum Gasteiger partial charge on any atom is -0.388 e. The molecule has 0 radical (unpaired) electrons. The molecule has 1 aromatic rings. The summed E-state index contributed by atoms with van der Waals surface area (Å²) in [6, 6.07) is 0. The number of aromatic amines is 2. The third-order valence-electron chi connectivity index (χ3n) is 2.64. The van der Waals surface area contributed by atoms with Gasteiger partial charge >= 0.3 is 11.4 Å². The zero-order valence-corrected chi connectivity index (χ0v) is 8.15. The number of hydrogen-bond acceptors (Lipinski definition) is 4. The van der Waals surface area contributed by atoms with Crippen molar-refractivity contribution in [2.24, 2.45) is 0 Å². The van der Waals surface area contributed by atoms with E-state index in [2.05, 4.69) is 10.2 Å². The van der Waals surface area contributed by atoms with Crippen molar-refractivity contribution in [1.82, 2.24) is 14.8 Å². The molecule has 15 heavy (non-hydrogen) atoms. The Morgan fingerprint density at radius 1 is 1.27 bits per heavy atom. The second-order valence-corrected chi connectivity index (χ2v) is 3.78. The summed E-state index contributed by atoms with van der Waals surface area (Å²) in [4.78, 5) is 22.4. The molecule has 1 aliphatic rings. The molecule has 3 N–H and O–H groups in total. The molecule has 0 aromatic carbocycles. The summed E-state index contributed by atoms with van der Waals surface area (Å²) in [6.07, 6.45) is 0.869. The van der Waals surface area contributed by atoms with Crippen LogP contribution in [0.1, 0.15) is 12.8 Å². The number of rotatable bonds is 2. The van der Waals surface area contributed by atoms with Crippen molar-refractivity contribution in [3.63, 3.8) is 0 Å². The van der Waals surface area contributed by atoms with Crippen molar-refractivity contribution in [3.8, 4) is 0 Å². The number of nitrogens with zero attached hydrogens (tertiary/aromatic N) is 1. The van der Waals surface area contributed by atoms with Crippen molar-refractivity contribution in [2.75, 3.05) is 13.2 Å². The number of ether oxygens (including phenoxy) is 1. The van der Waals surface area contributed by atoms with Crippen molar-refractivity contribution < 1.29 is 9.84 Å². The fourth-order valence-electron chi connectivity index (χ4n) is 1.68. The van der Waals surface area contributed by atoms with Crippen LogP contribution >= 0.6 is 0 Å². The SMILES string of the molecule is O=c1[nH][nH]c(=O)n1CC1(O)CCOCC1. The fourth-order valence-corrected chi connectivity index (χ4v) is 1.68. The minimum atomic E-state index is -1.02. The van der Waals surface area contributed by atoms with Gasteiger partial charge in [-0.2, -0.15) is 0 Å². The number of nitrogens with one attached hydrogen (secondary N) is 2. The highest BCUT2D eigenvalue weighted by molar-refractivity contribution is 4.83. The maximum Gasteiger partial charge on any atom is 0.344 e. The van der Waals surface area contributed by atoms with Crippen LogP contribution in [0, 0.1) is 0 Å². The Balaban J connectivity index is 2.20. The number of hydrogen-bond donors (Lipinski definition) is 3. The fraction of sp³-hybridized carbons (Fsp3) is 0.750. The molecule has 0 amide bonds. The lowest BCUT2D eigenvalue weighted by Gasteiger charge is -2.31. The van der Waals surface area contributed by atoms with E-state index >= 15 is 0 Å². The van der Waals surface area contributed by atoms with Crippen LogP contribution < -0.4 is 11.4 Å². The smallest absolute Gasteiger partial charge is 0.344 e. The lowest BCUT2D eigenvalue weighted by Crippen LogP contribution is -2.44. The van der Waals surface area contributed by atoms with E-state index in [1.54, 1.807) is 0 Å². The standard InChI is InChI=1S/C8H13N3O4/c12-6-9-10-7(13)11(6)5-8(14)1-3-15-4-2-8/h14H,1-5H2,(H,9,12)(H,10,13). The van der Waals surface area contributed by atoms with Gasteiger partial charge in [0.2, 0.25) is 0 Å². The molecule has 2 rings (SSSR count). The van der Waals surface area contributed by atoms with E-state index in [-0.39, 0.29) is 6.54 Å². The summed E-state index contributed by atoms with van der Waals surface area (Å²) in [5, 5.41) is 14.4. The molecular formula is C8H13N3O4. The van der Waals surface area contributed by atoms with Gasteiger partial charge in [0.15, 0.2) is 0 Å². The summed E-state index contributed by atoms with van der Waals surface area (Å²) in [7, 11) is 0. The molecule has 0 spiro atoms. The Morgan fingerprint density at radius 2 is 1.80 bits per heavy atom. The Bertz CT molecular complexity index is 410. The van der Waals surface area contributed by atoms with E-state index in [9.17, 15) is 14.7 Å². The number of aromatic nitrogens is 3. The first-order chi connectivity index (χ1) is 7.11. The quantitative estimate of drug-likeness (QED) is 0.553. The molecule has 0 unspecified atom stereocenters. The monoisotopic (exact) mass is 215 g/mol. The van der Waals surface area contributed by atoms with E-state index in [0.29, 0.717) is 26.1 Å². The normalized spacial score (nSPS) is 20.3. The lowest BCUT2D eigenvalue weighted by atomic mass is 9.94. The molecule has 7 heteroatoms. The molecule has 1 aromatic heterocycles. The lowest BCUT2D eigenvalue weighted by molar-refractivity contribution is -0.0737. The Morgan fingerprint density at radius 3 is 2.33 bits per heavy atom. The van der Waals surface area contributed by atoms with Gasteiger partial charge in [0.1, 0.15) is 0 Å². The second kappa shape index (κ2) is 3.67. The van der Waals surface area contributed by atoms with Crippen molar-refractivity contribution in [2.45, 2.75) is 25.0 Å². The molecular weight excluding hydrogens is 202 g/mol. The van der Waals surface area contributed by atoms with Crippen LogP contribution in [-0.2, 0) is 11.3 Å². The molecule has 0 aliphatic carbocycles. The first kappa shape index (κ1) is 10.2. The van der Waals surface area contributed by atoms with Crippen LogP contribution in [0.5, 0.6) is 0 Å². The highest BCUT2D eigenvalue weighted by Gasteiger charge is 2.31. The van der Waals surface area contributed by atoms with E-state index in [1.807, 2.05) is 0 Å². The molecule has 7 nitrogen and oxygen atoms in total. The van der Waals surface area contributed by atoms with Gasteiger partial charge in [-0.25, -0.2) is 24.4 Å². The maximum atomic E-state index is 11.2. The Kier molecular flexibility index (Phi) is 2.49. The second-order valence-electron chi connectivity index (χ2n) is 3.78. The average Bonchev–Trinajstić information content (AvgIpc) is 2.50. The molecule has 84 valence electrons. The summed E-state index contributed by atoms with van der Waals surface area (Å²) in [6.45, 7) is 0.912. The summed E-state index contributed by atoms with van der Waals surface area (Å²) < 4.78 is 6.07. The van der Waals surface area contributed by atoms with Gasteiger partial charge in [0.25, 0.3) is 0 Å². The highest BCUT2D eigenvalue weighted by atomic mass is 16.5. The number of H-pyrrole nitrogens is 2. The van der Waals surface area contributed by atoms with Crippen LogP contribution in [0.15, 0.2) is 9.59 Å². The molecule has 1 fully saturated rings. The van der Waals surface area contributed by atoms with E-state index in [4.69, 9.17) is 4.74 Å². The maximum absolute atomic E-state index is 11.2. The first-order valence-electron chi connectivity index (χ1n) is 4.78. The van der Waals surface area contributed by atoms with Gasteiger partial charge in [0, 0.05) is 26.1 Å². The Hall–Kier alpha value is -1.34. The zero-order chi connectivity index (χ0) is 10.9. The predicted octanol–water partition coefficient (Wildman–Crippen LogP) is -1.59. The third kappa shape index (κ3) is 2.02. The molecule has 1 aliphatic heterocycles. The van der Waals surface area contributed by atoms with E-state index in [1.165, 1.54) is 0 Å². The van der Waals surface area contributed by atoms with Crippen LogP contribution in [0.2, 0.25) is 0 Å². The zero-order valence-electron chi connectivity index (χ0n) is 8.15. The first-order valence-corrected chi connectivity index (χ1v) is 4.78. The van der Waals surface area contributed by atoms with Gasteiger partial charge in [-0.15, -0.1) is 0 Å². The van der Waals surface area contributed by atoms with Gasteiger partial charge in [-0.3, -0.25) is 0 Å². The van der Waals surface area contributed by atoms with Gasteiger partial charge in [-0.1, -0.05) is 0 Å². The van der Waals surface area contributed by atoms with Crippen LogP contribution in [0.25, 0.3) is 0 Å². The van der Waals surface area contributed by atoms with Crippen molar-refractivity contribution in [3.05, 3.63) is 21.0 Å². The topological polar surface area (TPSA) is 100 Å². The molecule has 0 bridgehead atoms. The van der Waals surface area contributed by atoms with E-state index in [0.717, 1.165) is 4.57 Å². The summed E-state index contributed by atoms with van der Waals surface area (Å²) >= 11 is 0. The van der Waals surface area contributed by atoms with Gasteiger partial charge in [-0.05, 0) is 0 Å². The van der Waals surface area contributed by atoms with Crippen molar-refractivity contribution in [1.29, 1.82) is 0 Å². The summed E-state index contributed by atoms with van der Waals surface area (Å²) in [5.74, 6) is 0. The molecule has 0 atom stereocenters. The molecule has 0 saturated carbocycles. The van der Waals surface area contributed by atoms with Crippen molar-refractivity contribution >= 4 is 0 Å². The minimum absolute atomic E-state index is 0.00796. The summed E-state index contributed by atoms with van der Waals surface area (Å²) in [5.41, 5.74) is -2.07. The third-order valence-corrected chi connectivity index (χ3v) is 2.64. The van der Waals surface area contributed by atoms with Crippen LogP contribution in [0.4, 0.5) is 0 Å². The van der Waals surface area contributed by atoms with Crippen LogP contribution in [0.3, 0.4) is 0 Å². The van der Waals surface area contributed by atoms with Gasteiger partial charge in [0.05, 0.1) is 12.1 Å². The predicted molar refractivity (Wildman–Crippen MR) is 50.7 cm³/mol. The molecule has 2 heterocycles. The van der Waals surface area contributed by atoms with Crippen LogP contribution in [-0.4, -0.2) is 38.7 Å². The number of aliphatic hydroxyl groups is 1. The average molecular weight is 215 g/mol. The molecule has 1 saturated heterocycles. The highest BCUT2D eigenvalue weighted by Crippen LogP contribution is 2.21.